The van der Waals surface area contributed by atoms with Gasteiger partial charge in [-0.15, -0.1) is 0 Å². The highest BCUT2D eigenvalue weighted by Crippen LogP contribution is 2.09. The summed E-state index contributed by atoms with van der Waals surface area (Å²) in [6.45, 7) is 6.04. The van der Waals surface area contributed by atoms with E-state index in [0.717, 1.165) is 6.42 Å². The molecular weight excluding hydrogens is 184 g/mol. The largest absolute Gasteiger partial charge is 0.279 e. The number of benzene rings is 1. The summed E-state index contributed by atoms with van der Waals surface area (Å²) in [6, 6.07) is 7.71. The predicted octanol–water partition coefficient (Wildman–Crippen LogP) is 3.09. The van der Waals surface area contributed by atoms with Crippen molar-refractivity contribution in [3.8, 4) is 11.8 Å². The Morgan fingerprint density at radius 3 is 2.33 bits per heavy atom. The molecule has 0 saturated carbocycles. The summed E-state index contributed by atoms with van der Waals surface area (Å²) in [4.78, 5) is 11.4. The van der Waals surface area contributed by atoms with Crippen LogP contribution in [0.4, 0.5) is 0 Å². The number of carbonyl (C=O) groups is 1. The van der Waals surface area contributed by atoms with Crippen LogP contribution in [0.2, 0.25) is 0 Å². The monoisotopic (exact) mass is 200 g/mol. The van der Waals surface area contributed by atoms with Gasteiger partial charge in [-0.3, -0.25) is 4.79 Å². The molecule has 0 unspecified atom stereocenters. The molecule has 0 aliphatic carbocycles. The smallest absolute Gasteiger partial charge is 0.235 e. The number of hydrogen-bond acceptors (Lipinski definition) is 1. The van der Waals surface area contributed by atoms with Gasteiger partial charge >= 0.3 is 0 Å². The topological polar surface area (TPSA) is 17.1 Å². The molecule has 0 heterocycles. The predicted molar refractivity (Wildman–Crippen MR) is 62.8 cm³/mol. The van der Waals surface area contributed by atoms with Gasteiger partial charge in [0.25, 0.3) is 0 Å². The van der Waals surface area contributed by atoms with E-state index in [9.17, 15) is 4.79 Å². The molecule has 1 rings (SSSR count). The van der Waals surface area contributed by atoms with Crippen LogP contribution >= 0.6 is 0 Å². The molecule has 1 nitrogen and oxygen atoms in total. The second-order valence-electron chi connectivity index (χ2n) is 4.00. The zero-order valence-electron chi connectivity index (χ0n) is 9.50. The molecule has 0 amide bonds. The highest BCUT2D eigenvalue weighted by Gasteiger charge is 2.02. The van der Waals surface area contributed by atoms with E-state index >= 15 is 0 Å². The van der Waals surface area contributed by atoms with Gasteiger partial charge in [0.15, 0.2) is 0 Å². The van der Waals surface area contributed by atoms with Crippen LogP contribution in [-0.4, -0.2) is 5.78 Å². The summed E-state index contributed by atoms with van der Waals surface area (Å²) in [5, 5.41) is 0. The molecular formula is C14H16O. The van der Waals surface area contributed by atoms with E-state index in [1.54, 1.807) is 6.92 Å². The standard InChI is InChI=1S/C14H16O/c1-4-5-14(15)13-8-6-12(7-9-13)10-11(2)3/h6-9,11H,10H2,1-3H3. The minimum Gasteiger partial charge on any atom is -0.279 e. The molecule has 0 fully saturated rings. The molecule has 0 atom stereocenters. The molecule has 0 aliphatic rings. The molecule has 0 aliphatic heterocycles. The third kappa shape index (κ3) is 3.59. The zero-order valence-corrected chi connectivity index (χ0v) is 9.50. The van der Waals surface area contributed by atoms with E-state index < -0.39 is 0 Å². The fraction of sp³-hybridized carbons (Fsp3) is 0.357. The van der Waals surface area contributed by atoms with E-state index in [1.165, 1.54) is 5.56 Å². The van der Waals surface area contributed by atoms with E-state index in [4.69, 9.17) is 0 Å². The van der Waals surface area contributed by atoms with Gasteiger partial charge in [-0.25, -0.2) is 0 Å². The van der Waals surface area contributed by atoms with Gasteiger partial charge < -0.3 is 0 Å². The van der Waals surface area contributed by atoms with Crippen molar-refractivity contribution in [2.75, 3.05) is 0 Å². The zero-order chi connectivity index (χ0) is 11.3. The molecule has 0 radical (unpaired) electrons. The second-order valence-corrected chi connectivity index (χ2v) is 4.00. The van der Waals surface area contributed by atoms with Crippen LogP contribution in [0.1, 0.15) is 36.7 Å². The Hall–Kier alpha value is -1.55. The van der Waals surface area contributed by atoms with Gasteiger partial charge in [0.05, 0.1) is 0 Å². The Labute approximate surface area is 91.5 Å². The van der Waals surface area contributed by atoms with Crippen LogP contribution in [0.5, 0.6) is 0 Å². The van der Waals surface area contributed by atoms with E-state index in [0.29, 0.717) is 11.5 Å². The fourth-order valence-corrected chi connectivity index (χ4v) is 1.45. The van der Waals surface area contributed by atoms with Crippen molar-refractivity contribution in [3.63, 3.8) is 0 Å². The third-order valence-corrected chi connectivity index (χ3v) is 2.10. The van der Waals surface area contributed by atoms with Gasteiger partial charge in [0.1, 0.15) is 0 Å². The Morgan fingerprint density at radius 1 is 1.27 bits per heavy atom. The Bertz CT molecular complexity index is 388. The average Bonchev–Trinajstić information content (AvgIpc) is 2.18. The first-order valence-electron chi connectivity index (χ1n) is 5.19. The maximum Gasteiger partial charge on any atom is 0.235 e. The minimum atomic E-state index is -0.103. The number of carbonyl (C=O) groups excluding carboxylic acids is 1. The van der Waals surface area contributed by atoms with Crippen molar-refractivity contribution in [2.45, 2.75) is 27.2 Å². The van der Waals surface area contributed by atoms with Gasteiger partial charge in [-0.1, -0.05) is 44.0 Å². The highest BCUT2D eigenvalue weighted by molar-refractivity contribution is 6.08. The molecule has 1 aromatic rings. The molecule has 15 heavy (non-hydrogen) atoms. The summed E-state index contributed by atoms with van der Waals surface area (Å²) in [6.07, 6.45) is 1.05. The number of ketones is 1. The molecule has 0 aromatic heterocycles. The molecule has 0 saturated heterocycles. The van der Waals surface area contributed by atoms with Crippen LogP contribution in [-0.2, 0) is 6.42 Å². The van der Waals surface area contributed by atoms with Crippen molar-refractivity contribution in [2.24, 2.45) is 5.92 Å². The average molecular weight is 200 g/mol. The normalized spacial score (nSPS) is 9.60. The van der Waals surface area contributed by atoms with Crippen LogP contribution in [0.15, 0.2) is 24.3 Å². The number of Topliss-reactive ketones (excluding diaryl/α,β-unsaturated/α-hetero) is 1. The summed E-state index contributed by atoms with van der Waals surface area (Å²) in [7, 11) is 0. The first kappa shape index (κ1) is 11.5. The number of hydrogen-bond donors (Lipinski definition) is 0. The van der Waals surface area contributed by atoms with Gasteiger partial charge in [-0.05, 0) is 30.7 Å². The lowest BCUT2D eigenvalue weighted by Gasteiger charge is -2.04. The maximum atomic E-state index is 11.4. The summed E-state index contributed by atoms with van der Waals surface area (Å²) >= 11 is 0. The van der Waals surface area contributed by atoms with E-state index in [-0.39, 0.29) is 5.78 Å². The Kier molecular flexibility index (Phi) is 4.12. The SMILES string of the molecule is CC#CC(=O)c1ccc(CC(C)C)cc1. The lowest BCUT2D eigenvalue weighted by molar-refractivity contribution is 0.105. The second kappa shape index (κ2) is 5.36. The molecule has 0 spiro atoms. The highest BCUT2D eigenvalue weighted by atomic mass is 16.1. The number of rotatable bonds is 3. The van der Waals surface area contributed by atoms with Gasteiger partial charge in [-0.2, -0.15) is 0 Å². The van der Waals surface area contributed by atoms with Crippen molar-refractivity contribution < 1.29 is 4.79 Å². The van der Waals surface area contributed by atoms with Gasteiger partial charge in [0, 0.05) is 5.56 Å². The van der Waals surface area contributed by atoms with Crippen molar-refractivity contribution >= 4 is 5.78 Å². The van der Waals surface area contributed by atoms with E-state index in [1.807, 2.05) is 24.3 Å². The van der Waals surface area contributed by atoms with Crippen molar-refractivity contribution in [1.82, 2.24) is 0 Å². The van der Waals surface area contributed by atoms with Crippen LogP contribution in [0.3, 0.4) is 0 Å². The lowest BCUT2D eigenvalue weighted by atomic mass is 10.0. The van der Waals surface area contributed by atoms with Crippen LogP contribution < -0.4 is 0 Å². The van der Waals surface area contributed by atoms with Crippen molar-refractivity contribution in [1.29, 1.82) is 0 Å². The van der Waals surface area contributed by atoms with Gasteiger partial charge in [0.2, 0.25) is 5.78 Å². The fourth-order valence-electron chi connectivity index (χ4n) is 1.45. The minimum absolute atomic E-state index is 0.103. The molecule has 0 bridgehead atoms. The lowest BCUT2D eigenvalue weighted by Crippen LogP contribution is -1.97. The Balaban J connectivity index is 2.79. The first-order chi connectivity index (χ1) is 7.13. The molecule has 1 aromatic carbocycles. The summed E-state index contributed by atoms with van der Waals surface area (Å²) < 4.78 is 0. The maximum absolute atomic E-state index is 11.4. The van der Waals surface area contributed by atoms with Crippen LogP contribution in [0, 0.1) is 17.8 Å². The summed E-state index contributed by atoms with van der Waals surface area (Å²) in [5.74, 6) is 5.68. The summed E-state index contributed by atoms with van der Waals surface area (Å²) in [5.41, 5.74) is 1.95. The molecule has 0 N–H and O–H groups in total. The first-order valence-corrected chi connectivity index (χ1v) is 5.19. The van der Waals surface area contributed by atoms with Crippen molar-refractivity contribution in [3.05, 3.63) is 35.4 Å². The molecule has 78 valence electrons. The molecule has 1 heteroatoms. The third-order valence-electron chi connectivity index (χ3n) is 2.10. The Morgan fingerprint density at radius 2 is 1.87 bits per heavy atom. The quantitative estimate of drug-likeness (QED) is 0.416. The van der Waals surface area contributed by atoms with Crippen LogP contribution in [0.25, 0.3) is 0 Å². The van der Waals surface area contributed by atoms with E-state index in [2.05, 4.69) is 25.7 Å².